The molecular weight excluding hydrogens is 757 g/mol. The molecule has 0 radical (unpaired) electrons. The Labute approximate surface area is 349 Å². The number of hydrogen-bond acceptors (Lipinski definition) is 12. The van der Waals surface area contributed by atoms with Crippen LogP contribution in [0, 0.1) is 23.2 Å². The lowest BCUT2D eigenvalue weighted by atomic mass is 9.75. The molecule has 1 fully saturated rings. The average Bonchev–Trinajstić information content (AvgIpc) is 3.54. The average molecular weight is 825 g/mol. The number of ether oxygens (including phenoxy) is 1. The Morgan fingerprint density at radius 2 is 1.44 bits per heavy atom. The summed E-state index contributed by atoms with van der Waals surface area (Å²) in [5, 5.41) is 64.5. The van der Waals surface area contributed by atoms with Crippen molar-refractivity contribution in [2.75, 3.05) is 72.3 Å². The molecule has 0 bridgehead atoms. The number of rotatable bonds is 21. The summed E-state index contributed by atoms with van der Waals surface area (Å²) in [5.41, 5.74) is 3.32. The summed E-state index contributed by atoms with van der Waals surface area (Å²) in [4.78, 5) is 39.6. The largest absolute Gasteiger partial charge is 0.445 e. The van der Waals surface area contributed by atoms with E-state index >= 15 is 0 Å². The van der Waals surface area contributed by atoms with Gasteiger partial charge in [-0.1, -0.05) is 88.2 Å². The Bertz CT molecular complexity index is 1580. The second-order valence-corrected chi connectivity index (χ2v) is 15.2. The second-order valence-electron chi connectivity index (χ2n) is 15.2. The van der Waals surface area contributed by atoms with Gasteiger partial charge >= 0.3 is 6.09 Å². The number of amides is 3. The SMILES string of the molecule is CC(C)C[C@@H](C#N)NC(=O)[C@@H]1CCCC[C@@H]1NC(=O)C1=Cc2ccccc2C1(C)CCNCCO.O=C(OCc1ccccc1)N(CCO)CCO.OCCNCCO. The van der Waals surface area contributed by atoms with E-state index in [1.54, 1.807) is 0 Å². The number of carbonyl (C=O) groups excluding carboxylic acids is 3. The number of aliphatic hydroxyl groups excluding tert-OH is 5. The quantitative estimate of drug-likeness (QED) is 0.0825. The first-order valence-electron chi connectivity index (χ1n) is 20.7. The molecule has 1 unspecified atom stereocenters. The van der Waals surface area contributed by atoms with Gasteiger partial charge in [-0.25, -0.2) is 4.79 Å². The van der Waals surface area contributed by atoms with Crippen LogP contribution < -0.4 is 21.3 Å². The van der Waals surface area contributed by atoms with Crippen molar-refractivity contribution in [1.82, 2.24) is 26.2 Å². The van der Waals surface area contributed by atoms with E-state index in [4.69, 9.17) is 30.3 Å². The molecule has 15 nitrogen and oxygen atoms in total. The van der Waals surface area contributed by atoms with Crippen LogP contribution in [0.2, 0.25) is 0 Å². The van der Waals surface area contributed by atoms with Crippen molar-refractivity contribution in [3.05, 3.63) is 76.9 Å². The first-order chi connectivity index (χ1) is 28.5. The molecule has 328 valence electrons. The zero-order chi connectivity index (χ0) is 43.5. The topological polar surface area (TPSA) is 237 Å². The zero-order valence-electron chi connectivity index (χ0n) is 35.1. The first kappa shape index (κ1) is 50.7. The molecule has 2 aliphatic carbocycles. The Hall–Kier alpha value is -4.40. The maximum atomic E-state index is 13.7. The van der Waals surface area contributed by atoms with Gasteiger partial charge in [0.05, 0.1) is 45.0 Å². The molecular formula is C44H68N6O9. The van der Waals surface area contributed by atoms with Crippen LogP contribution in [-0.2, 0) is 26.3 Å². The summed E-state index contributed by atoms with van der Waals surface area (Å²) in [7, 11) is 0. The summed E-state index contributed by atoms with van der Waals surface area (Å²) in [6.45, 7) is 9.05. The van der Waals surface area contributed by atoms with Gasteiger partial charge in [-0.05, 0) is 60.9 Å². The molecule has 15 heteroatoms. The van der Waals surface area contributed by atoms with Gasteiger partial charge in [-0.15, -0.1) is 0 Å². The van der Waals surface area contributed by atoms with Crippen LogP contribution in [0.15, 0.2) is 60.2 Å². The first-order valence-corrected chi connectivity index (χ1v) is 20.7. The van der Waals surface area contributed by atoms with Crippen molar-refractivity contribution < 1.29 is 44.7 Å². The number of fused-ring (bicyclic) bond motifs is 1. The van der Waals surface area contributed by atoms with Crippen molar-refractivity contribution >= 4 is 24.0 Å². The fraction of sp³-hybridized carbons (Fsp3) is 0.591. The molecule has 2 aromatic carbocycles. The summed E-state index contributed by atoms with van der Waals surface area (Å²) < 4.78 is 5.06. The molecule has 2 aromatic rings. The summed E-state index contributed by atoms with van der Waals surface area (Å²) in [5.74, 6) is -0.295. The van der Waals surface area contributed by atoms with E-state index in [9.17, 15) is 19.6 Å². The van der Waals surface area contributed by atoms with Crippen molar-refractivity contribution in [1.29, 1.82) is 5.26 Å². The molecule has 0 aliphatic heterocycles. The van der Waals surface area contributed by atoms with Crippen LogP contribution in [0.4, 0.5) is 4.79 Å². The maximum Gasteiger partial charge on any atom is 0.410 e. The van der Waals surface area contributed by atoms with E-state index in [-0.39, 0.29) is 76.5 Å². The molecule has 59 heavy (non-hydrogen) atoms. The van der Waals surface area contributed by atoms with E-state index in [0.29, 0.717) is 50.5 Å². The number of hydrogen-bond donors (Lipinski definition) is 9. The van der Waals surface area contributed by atoms with Gasteiger partial charge in [0, 0.05) is 49.8 Å². The molecule has 0 spiro atoms. The van der Waals surface area contributed by atoms with E-state index in [2.05, 4.69) is 40.3 Å². The number of nitriles is 1. The summed E-state index contributed by atoms with van der Waals surface area (Å²) in [6, 6.07) is 18.8. The molecule has 9 N–H and O–H groups in total. The minimum atomic E-state index is -0.531. The Balaban J connectivity index is 0.000000412. The highest BCUT2D eigenvalue weighted by Crippen LogP contribution is 2.44. The molecule has 0 aromatic heterocycles. The van der Waals surface area contributed by atoms with Crippen molar-refractivity contribution in [3.8, 4) is 6.07 Å². The van der Waals surface area contributed by atoms with Crippen LogP contribution in [0.3, 0.4) is 0 Å². The highest BCUT2D eigenvalue weighted by Gasteiger charge is 2.42. The van der Waals surface area contributed by atoms with Crippen molar-refractivity contribution in [2.24, 2.45) is 11.8 Å². The normalized spacial score (nSPS) is 18.4. The highest BCUT2D eigenvalue weighted by molar-refractivity contribution is 6.03. The predicted octanol–water partition coefficient (Wildman–Crippen LogP) is 2.21. The number of carbonyl (C=O) groups is 3. The van der Waals surface area contributed by atoms with Crippen LogP contribution in [0.25, 0.3) is 6.08 Å². The standard InChI is InChI=1S/C28H40N4O3.C12H17NO4.C4H11NO2/c1-19(2)16-21(18-29)31-26(34)22-9-5-7-11-25(22)32-27(35)24-17-20-8-4-6-10-23(20)28(24,3)12-13-30-14-15-33;14-8-6-13(7-9-15)12(16)17-10-11-4-2-1-3-5-11;6-3-1-5-2-4-7/h4,6,8,10,17,19,21-22,25,30,33H,5,7,9,11-16H2,1-3H3,(H,31,34)(H,32,35);1-5,14-15H,6-10H2;5-7H,1-4H2/t21-,22+,25-,28?;;/m0../s1. The lowest BCUT2D eigenvalue weighted by Crippen LogP contribution is -2.51. The minimum Gasteiger partial charge on any atom is -0.445 e. The van der Waals surface area contributed by atoms with Gasteiger partial charge < -0.3 is 56.4 Å². The Morgan fingerprint density at radius 1 is 0.847 bits per heavy atom. The van der Waals surface area contributed by atoms with Crippen LogP contribution in [0.1, 0.15) is 76.0 Å². The van der Waals surface area contributed by atoms with Gasteiger partial charge in [0.1, 0.15) is 12.6 Å². The lowest BCUT2D eigenvalue weighted by molar-refractivity contribution is -0.128. The summed E-state index contributed by atoms with van der Waals surface area (Å²) in [6.07, 6.45) is 6.13. The molecule has 2 aliphatic rings. The van der Waals surface area contributed by atoms with Gasteiger partial charge in [0.15, 0.2) is 0 Å². The third-order valence-electron chi connectivity index (χ3n) is 10.2. The monoisotopic (exact) mass is 825 g/mol. The number of nitrogens with one attached hydrogen (secondary N) is 4. The third kappa shape index (κ3) is 17.8. The van der Waals surface area contributed by atoms with E-state index in [1.165, 1.54) is 4.90 Å². The molecule has 0 heterocycles. The maximum absolute atomic E-state index is 13.7. The van der Waals surface area contributed by atoms with E-state index in [0.717, 1.165) is 42.4 Å². The molecule has 3 amide bonds. The lowest BCUT2D eigenvalue weighted by Gasteiger charge is -2.34. The van der Waals surface area contributed by atoms with Gasteiger partial charge in [0.2, 0.25) is 11.8 Å². The van der Waals surface area contributed by atoms with Crippen molar-refractivity contribution in [3.63, 3.8) is 0 Å². The van der Waals surface area contributed by atoms with E-state index in [1.807, 2.05) is 68.5 Å². The highest BCUT2D eigenvalue weighted by atomic mass is 16.6. The second kappa shape index (κ2) is 28.9. The van der Waals surface area contributed by atoms with Gasteiger partial charge in [0.25, 0.3) is 0 Å². The number of nitrogens with zero attached hydrogens (tertiary/aromatic N) is 2. The zero-order valence-corrected chi connectivity index (χ0v) is 35.1. The molecule has 1 saturated carbocycles. The van der Waals surface area contributed by atoms with Crippen LogP contribution in [-0.4, -0.2) is 133 Å². The third-order valence-corrected chi connectivity index (χ3v) is 10.2. The predicted molar refractivity (Wildman–Crippen MR) is 227 cm³/mol. The smallest absolute Gasteiger partial charge is 0.410 e. The van der Waals surface area contributed by atoms with Gasteiger partial charge in [-0.3, -0.25) is 9.59 Å². The number of aliphatic hydroxyl groups is 5. The van der Waals surface area contributed by atoms with Crippen LogP contribution in [0.5, 0.6) is 0 Å². The van der Waals surface area contributed by atoms with Crippen molar-refractivity contribution in [2.45, 2.75) is 83.4 Å². The fourth-order valence-corrected chi connectivity index (χ4v) is 7.10. The van der Waals surface area contributed by atoms with Crippen LogP contribution >= 0.6 is 0 Å². The Kier molecular flexibility index (Phi) is 24.9. The molecule has 4 rings (SSSR count). The summed E-state index contributed by atoms with van der Waals surface area (Å²) >= 11 is 0. The minimum absolute atomic E-state index is 0.0748. The number of benzene rings is 2. The van der Waals surface area contributed by atoms with Gasteiger partial charge in [-0.2, -0.15) is 5.26 Å². The fourth-order valence-electron chi connectivity index (χ4n) is 7.10. The molecule has 0 saturated heterocycles. The molecule has 4 atom stereocenters. The van der Waals surface area contributed by atoms with E-state index < -0.39 is 17.6 Å². The Morgan fingerprint density at radius 3 is 2.03 bits per heavy atom.